The zero-order chi connectivity index (χ0) is 6.57. The van der Waals surface area contributed by atoms with E-state index < -0.39 is 18.3 Å². The van der Waals surface area contributed by atoms with Crippen molar-refractivity contribution in [3.63, 3.8) is 0 Å². The zero-order valence-electron chi connectivity index (χ0n) is 4.05. The first-order valence-electron chi connectivity index (χ1n) is 1.88. The van der Waals surface area contributed by atoms with E-state index in [1.54, 1.807) is 5.43 Å². The molecule has 0 fully saturated rings. The molecule has 0 unspecified atom stereocenters. The van der Waals surface area contributed by atoms with E-state index in [-0.39, 0.29) is 0 Å². The lowest BCUT2D eigenvalue weighted by Gasteiger charge is -1.90. The lowest BCUT2D eigenvalue weighted by molar-refractivity contribution is -0.140. The molecular formula is C3H6N2O3. The highest BCUT2D eigenvalue weighted by atomic mass is 16.4. The fourth-order valence-corrected chi connectivity index (χ4v) is 0.188. The van der Waals surface area contributed by atoms with E-state index in [2.05, 4.69) is 5.84 Å². The molecule has 8 heavy (non-hydrogen) atoms. The monoisotopic (exact) mass is 118 g/mol. The summed E-state index contributed by atoms with van der Waals surface area (Å²) < 4.78 is 0. The van der Waals surface area contributed by atoms with Crippen molar-refractivity contribution in [1.82, 2.24) is 5.43 Å². The number of hydrogen-bond acceptors (Lipinski definition) is 3. The summed E-state index contributed by atoms with van der Waals surface area (Å²) in [5.74, 6) is 2.67. The van der Waals surface area contributed by atoms with Gasteiger partial charge in [-0.05, 0) is 0 Å². The highest BCUT2D eigenvalue weighted by Crippen LogP contribution is 1.74. The Morgan fingerprint density at radius 2 is 2.12 bits per heavy atom. The highest BCUT2D eigenvalue weighted by molar-refractivity contribution is 5.92. The first-order valence-corrected chi connectivity index (χ1v) is 1.88. The standard InChI is InChI=1S/C3H6N2O3/c4-5-2(6)1-3(7)8/h1,4H2,(H,5,6)(H,7,8). The Labute approximate surface area is 45.4 Å². The Morgan fingerprint density at radius 1 is 1.62 bits per heavy atom. The summed E-state index contributed by atoms with van der Waals surface area (Å²) in [6.45, 7) is 0. The quantitative estimate of drug-likeness (QED) is 0.177. The number of carbonyl (C=O) groups is 2. The van der Waals surface area contributed by atoms with Crippen LogP contribution < -0.4 is 11.3 Å². The fraction of sp³-hybridized carbons (Fsp3) is 0.333. The Morgan fingerprint density at radius 3 is 2.25 bits per heavy atom. The van der Waals surface area contributed by atoms with Crippen molar-refractivity contribution in [1.29, 1.82) is 0 Å². The van der Waals surface area contributed by atoms with E-state index >= 15 is 0 Å². The van der Waals surface area contributed by atoms with Gasteiger partial charge in [-0.25, -0.2) is 5.84 Å². The topological polar surface area (TPSA) is 92.4 Å². The molecule has 0 rings (SSSR count). The smallest absolute Gasteiger partial charge is 0.312 e. The third kappa shape index (κ3) is 3.10. The second-order valence-electron chi connectivity index (χ2n) is 1.14. The lowest BCUT2D eigenvalue weighted by atomic mass is 10.4. The van der Waals surface area contributed by atoms with Crippen LogP contribution in [0.15, 0.2) is 0 Å². The average Bonchev–Trinajstić information content (AvgIpc) is 1.65. The molecule has 5 heteroatoms. The lowest BCUT2D eigenvalue weighted by Crippen LogP contribution is -2.31. The maximum Gasteiger partial charge on any atom is 0.312 e. The first kappa shape index (κ1) is 6.90. The minimum Gasteiger partial charge on any atom is -0.481 e. The summed E-state index contributed by atoms with van der Waals surface area (Å²) in [6, 6.07) is 0. The van der Waals surface area contributed by atoms with Gasteiger partial charge in [0.1, 0.15) is 6.42 Å². The van der Waals surface area contributed by atoms with Crippen LogP contribution in [0.3, 0.4) is 0 Å². The van der Waals surface area contributed by atoms with Crippen LogP contribution in [-0.2, 0) is 9.59 Å². The number of carboxylic acid groups (broad SMARTS) is 1. The number of nitrogens with two attached hydrogens (primary N) is 1. The molecular weight excluding hydrogens is 112 g/mol. The minimum atomic E-state index is -1.19. The number of carbonyl (C=O) groups excluding carboxylic acids is 1. The minimum absolute atomic E-state index is 0.573. The molecule has 0 aromatic rings. The zero-order valence-corrected chi connectivity index (χ0v) is 4.05. The largest absolute Gasteiger partial charge is 0.481 e. The van der Waals surface area contributed by atoms with Crippen LogP contribution in [0.25, 0.3) is 0 Å². The number of hydrogen-bond donors (Lipinski definition) is 3. The average molecular weight is 118 g/mol. The molecule has 0 atom stereocenters. The van der Waals surface area contributed by atoms with Crippen LogP contribution in [0.5, 0.6) is 0 Å². The summed E-state index contributed by atoms with van der Waals surface area (Å²) in [5.41, 5.74) is 1.68. The van der Waals surface area contributed by atoms with Gasteiger partial charge in [-0.1, -0.05) is 0 Å². The van der Waals surface area contributed by atoms with Gasteiger partial charge in [-0.3, -0.25) is 15.0 Å². The van der Waals surface area contributed by atoms with Crippen molar-refractivity contribution < 1.29 is 14.7 Å². The number of aliphatic carboxylic acids is 1. The van der Waals surface area contributed by atoms with Crippen LogP contribution in [0.1, 0.15) is 6.42 Å². The summed E-state index contributed by atoms with van der Waals surface area (Å²) in [6.07, 6.45) is -0.573. The van der Waals surface area contributed by atoms with Crippen LogP contribution in [0, 0.1) is 0 Å². The van der Waals surface area contributed by atoms with Crippen molar-refractivity contribution in [2.45, 2.75) is 6.42 Å². The second kappa shape index (κ2) is 2.98. The Bertz CT molecular complexity index is 111. The summed E-state index contributed by atoms with van der Waals surface area (Å²) >= 11 is 0. The molecule has 0 bridgehead atoms. The fourth-order valence-electron chi connectivity index (χ4n) is 0.188. The predicted octanol–water partition coefficient (Wildman–Crippen LogP) is -1.55. The SMILES string of the molecule is NNC(=O)CC(=O)O. The normalized spacial score (nSPS) is 8.12. The number of nitrogens with one attached hydrogen (secondary N) is 1. The van der Waals surface area contributed by atoms with Gasteiger partial charge in [0.2, 0.25) is 5.91 Å². The van der Waals surface area contributed by atoms with Crippen LogP contribution in [-0.4, -0.2) is 17.0 Å². The van der Waals surface area contributed by atoms with E-state index in [1.807, 2.05) is 0 Å². The van der Waals surface area contributed by atoms with Gasteiger partial charge in [0.25, 0.3) is 0 Å². The molecule has 0 radical (unpaired) electrons. The van der Waals surface area contributed by atoms with Crippen molar-refractivity contribution in [3.8, 4) is 0 Å². The Kier molecular flexibility index (Phi) is 2.57. The molecule has 1 amide bonds. The third-order valence-electron chi connectivity index (χ3n) is 0.473. The summed E-state index contributed by atoms with van der Waals surface area (Å²) in [7, 11) is 0. The van der Waals surface area contributed by atoms with E-state index in [0.717, 1.165) is 0 Å². The molecule has 0 aliphatic heterocycles. The van der Waals surface area contributed by atoms with E-state index in [4.69, 9.17) is 5.11 Å². The molecule has 0 aliphatic carbocycles. The number of rotatable bonds is 2. The third-order valence-corrected chi connectivity index (χ3v) is 0.473. The first-order chi connectivity index (χ1) is 3.66. The van der Waals surface area contributed by atoms with Gasteiger partial charge >= 0.3 is 5.97 Å². The molecule has 5 nitrogen and oxygen atoms in total. The molecule has 4 N–H and O–H groups in total. The van der Waals surface area contributed by atoms with Crippen LogP contribution in [0.2, 0.25) is 0 Å². The molecule has 0 saturated carbocycles. The van der Waals surface area contributed by atoms with Gasteiger partial charge < -0.3 is 5.11 Å². The van der Waals surface area contributed by atoms with Crippen molar-refractivity contribution in [2.75, 3.05) is 0 Å². The van der Waals surface area contributed by atoms with Crippen LogP contribution >= 0.6 is 0 Å². The predicted molar refractivity (Wildman–Crippen MR) is 24.6 cm³/mol. The molecule has 0 saturated heterocycles. The highest BCUT2D eigenvalue weighted by Gasteiger charge is 2.02. The number of hydrazine groups is 1. The molecule has 0 aromatic carbocycles. The van der Waals surface area contributed by atoms with E-state index in [1.165, 1.54) is 0 Å². The van der Waals surface area contributed by atoms with Crippen LogP contribution in [0.4, 0.5) is 0 Å². The van der Waals surface area contributed by atoms with E-state index in [0.29, 0.717) is 0 Å². The van der Waals surface area contributed by atoms with Gasteiger partial charge in [0.15, 0.2) is 0 Å². The maximum absolute atomic E-state index is 10.0. The molecule has 0 spiro atoms. The van der Waals surface area contributed by atoms with Gasteiger partial charge in [-0.2, -0.15) is 0 Å². The second-order valence-corrected chi connectivity index (χ2v) is 1.14. The Balaban J connectivity index is 3.40. The van der Waals surface area contributed by atoms with E-state index in [9.17, 15) is 9.59 Å². The number of carboxylic acids is 1. The molecule has 0 aliphatic rings. The Hall–Kier alpha value is -1.10. The van der Waals surface area contributed by atoms with Gasteiger partial charge in [0.05, 0.1) is 0 Å². The summed E-state index contributed by atoms with van der Waals surface area (Å²) in [5, 5.41) is 7.90. The van der Waals surface area contributed by atoms with Crippen molar-refractivity contribution in [2.24, 2.45) is 5.84 Å². The van der Waals surface area contributed by atoms with Crippen molar-refractivity contribution >= 4 is 11.9 Å². The molecule has 0 aromatic heterocycles. The summed E-state index contributed by atoms with van der Waals surface area (Å²) in [4.78, 5) is 19.7. The number of amides is 1. The van der Waals surface area contributed by atoms with Gasteiger partial charge in [-0.15, -0.1) is 0 Å². The molecule has 0 heterocycles. The molecule has 46 valence electrons. The maximum atomic E-state index is 10.0. The van der Waals surface area contributed by atoms with Gasteiger partial charge in [0, 0.05) is 0 Å². The van der Waals surface area contributed by atoms with Crippen molar-refractivity contribution in [3.05, 3.63) is 0 Å².